The minimum absolute atomic E-state index is 0.133. The predicted molar refractivity (Wildman–Crippen MR) is 48.5 cm³/mol. The van der Waals surface area contributed by atoms with E-state index in [4.69, 9.17) is 5.26 Å². The normalized spacial score (nSPS) is 12.5. The van der Waals surface area contributed by atoms with E-state index in [0.717, 1.165) is 5.56 Å². The van der Waals surface area contributed by atoms with E-state index in [2.05, 4.69) is 6.07 Å². The molecule has 0 spiro atoms. The zero-order valence-electron chi connectivity index (χ0n) is 7.36. The van der Waals surface area contributed by atoms with E-state index in [-0.39, 0.29) is 6.04 Å². The molecule has 0 aliphatic carbocycles. The minimum Gasteiger partial charge on any atom is -0.291 e. The average Bonchev–Trinajstić information content (AvgIpc) is 2.07. The van der Waals surface area contributed by atoms with Crippen LogP contribution in [0.4, 0.5) is 0 Å². The lowest BCUT2D eigenvalue weighted by Gasteiger charge is -2.16. The summed E-state index contributed by atoms with van der Waals surface area (Å²) in [6, 6.07) is 11.9. The molecule has 2 nitrogen and oxygen atoms in total. The van der Waals surface area contributed by atoms with Crippen LogP contribution in [0.15, 0.2) is 30.3 Å². The zero-order valence-corrected chi connectivity index (χ0v) is 7.36. The number of hydrogen-bond acceptors (Lipinski definition) is 2. The first kappa shape index (κ1) is 8.76. The van der Waals surface area contributed by atoms with Gasteiger partial charge in [-0.1, -0.05) is 30.3 Å². The van der Waals surface area contributed by atoms with E-state index in [1.165, 1.54) is 0 Å². The Morgan fingerprint density at radius 3 is 2.25 bits per heavy atom. The molecular weight excluding hydrogens is 148 g/mol. The van der Waals surface area contributed by atoms with Crippen LogP contribution in [-0.4, -0.2) is 19.0 Å². The zero-order chi connectivity index (χ0) is 8.97. The van der Waals surface area contributed by atoms with Gasteiger partial charge in [-0.2, -0.15) is 5.26 Å². The van der Waals surface area contributed by atoms with Crippen molar-refractivity contribution in [3.8, 4) is 6.07 Å². The average molecular weight is 160 g/mol. The van der Waals surface area contributed by atoms with E-state index in [0.29, 0.717) is 0 Å². The van der Waals surface area contributed by atoms with Gasteiger partial charge in [-0.25, -0.2) is 0 Å². The van der Waals surface area contributed by atoms with Crippen LogP contribution in [0.1, 0.15) is 11.6 Å². The van der Waals surface area contributed by atoms with Gasteiger partial charge < -0.3 is 0 Å². The van der Waals surface area contributed by atoms with Crippen LogP contribution in [0.2, 0.25) is 0 Å². The monoisotopic (exact) mass is 160 g/mol. The highest BCUT2D eigenvalue weighted by atomic mass is 15.1. The minimum atomic E-state index is -0.133. The molecule has 0 aliphatic rings. The van der Waals surface area contributed by atoms with Gasteiger partial charge >= 0.3 is 0 Å². The van der Waals surface area contributed by atoms with Crippen molar-refractivity contribution in [3.63, 3.8) is 0 Å². The highest BCUT2D eigenvalue weighted by molar-refractivity contribution is 5.23. The van der Waals surface area contributed by atoms with Crippen molar-refractivity contribution in [2.24, 2.45) is 0 Å². The molecule has 1 aromatic carbocycles. The molecule has 0 aromatic heterocycles. The Balaban J connectivity index is 2.90. The van der Waals surface area contributed by atoms with Gasteiger partial charge in [0.2, 0.25) is 0 Å². The molecule has 0 fully saturated rings. The van der Waals surface area contributed by atoms with Gasteiger partial charge in [0.25, 0.3) is 0 Å². The molecule has 0 radical (unpaired) electrons. The van der Waals surface area contributed by atoms with Crippen molar-refractivity contribution in [2.75, 3.05) is 14.1 Å². The third-order valence-electron chi connectivity index (χ3n) is 1.75. The van der Waals surface area contributed by atoms with Gasteiger partial charge in [0.15, 0.2) is 0 Å². The number of nitriles is 1. The summed E-state index contributed by atoms with van der Waals surface area (Å²) in [6.45, 7) is 0. The molecule has 1 unspecified atom stereocenters. The first-order chi connectivity index (χ1) is 5.75. The Hall–Kier alpha value is -1.33. The second-order valence-electron chi connectivity index (χ2n) is 2.91. The Labute approximate surface area is 73.0 Å². The first-order valence-electron chi connectivity index (χ1n) is 3.86. The standard InChI is InChI=1S/C10H12N2/c1-12(2)10(8-11)9-6-4-3-5-7-9/h3-7,10H,1-2H3. The van der Waals surface area contributed by atoms with E-state index in [1.54, 1.807) is 0 Å². The fraction of sp³-hybridized carbons (Fsp3) is 0.300. The molecule has 12 heavy (non-hydrogen) atoms. The quantitative estimate of drug-likeness (QED) is 0.659. The highest BCUT2D eigenvalue weighted by Gasteiger charge is 2.10. The van der Waals surface area contributed by atoms with Gasteiger partial charge in [-0.15, -0.1) is 0 Å². The van der Waals surface area contributed by atoms with Crippen molar-refractivity contribution in [1.29, 1.82) is 5.26 Å². The van der Waals surface area contributed by atoms with Gasteiger partial charge in [0, 0.05) is 0 Å². The molecule has 62 valence electrons. The maximum Gasteiger partial charge on any atom is 0.123 e. The van der Waals surface area contributed by atoms with Gasteiger partial charge in [-0.05, 0) is 19.7 Å². The third kappa shape index (κ3) is 1.84. The number of nitrogens with zero attached hydrogens (tertiary/aromatic N) is 2. The van der Waals surface area contributed by atoms with E-state index >= 15 is 0 Å². The molecule has 0 saturated carbocycles. The van der Waals surface area contributed by atoms with Crippen molar-refractivity contribution in [3.05, 3.63) is 35.9 Å². The second kappa shape index (κ2) is 3.89. The van der Waals surface area contributed by atoms with E-state index in [1.807, 2.05) is 49.3 Å². The van der Waals surface area contributed by atoms with Crippen molar-refractivity contribution in [2.45, 2.75) is 6.04 Å². The van der Waals surface area contributed by atoms with Gasteiger partial charge in [0.1, 0.15) is 6.04 Å². The van der Waals surface area contributed by atoms with Crippen LogP contribution >= 0.6 is 0 Å². The van der Waals surface area contributed by atoms with Crippen molar-refractivity contribution < 1.29 is 0 Å². The van der Waals surface area contributed by atoms with Gasteiger partial charge in [0.05, 0.1) is 6.07 Å². The maximum atomic E-state index is 8.86. The number of benzene rings is 1. The van der Waals surface area contributed by atoms with Crippen molar-refractivity contribution in [1.82, 2.24) is 4.90 Å². The molecule has 0 N–H and O–H groups in total. The number of rotatable bonds is 2. The fourth-order valence-electron chi connectivity index (χ4n) is 1.12. The summed E-state index contributed by atoms with van der Waals surface area (Å²) in [6.07, 6.45) is 0. The van der Waals surface area contributed by atoms with Crippen LogP contribution in [0.5, 0.6) is 0 Å². The summed E-state index contributed by atoms with van der Waals surface area (Å²) in [5.41, 5.74) is 1.05. The van der Waals surface area contributed by atoms with Crippen LogP contribution in [0, 0.1) is 11.3 Å². The van der Waals surface area contributed by atoms with E-state index in [9.17, 15) is 0 Å². The SMILES string of the molecule is CN(C)C(C#N)c1ccccc1. The van der Waals surface area contributed by atoms with Crippen LogP contribution in [0.3, 0.4) is 0 Å². The van der Waals surface area contributed by atoms with Crippen LogP contribution in [0.25, 0.3) is 0 Å². The second-order valence-corrected chi connectivity index (χ2v) is 2.91. The molecule has 0 amide bonds. The molecule has 0 saturated heterocycles. The summed E-state index contributed by atoms with van der Waals surface area (Å²) in [5.74, 6) is 0. The lowest BCUT2D eigenvalue weighted by Crippen LogP contribution is -2.17. The van der Waals surface area contributed by atoms with Gasteiger partial charge in [-0.3, -0.25) is 4.90 Å². The third-order valence-corrected chi connectivity index (χ3v) is 1.75. The van der Waals surface area contributed by atoms with Crippen molar-refractivity contribution >= 4 is 0 Å². The molecule has 0 bridgehead atoms. The molecule has 1 aromatic rings. The summed E-state index contributed by atoms with van der Waals surface area (Å²) < 4.78 is 0. The summed E-state index contributed by atoms with van der Waals surface area (Å²) in [7, 11) is 3.81. The highest BCUT2D eigenvalue weighted by Crippen LogP contribution is 2.15. The van der Waals surface area contributed by atoms with E-state index < -0.39 is 0 Å². The first-order valence-corrected chi connectivity index (χ1v) is 3.86. The lowest BCUT2D eigenvalue weighted by molar-refractivity contribution is 0.358. The summed E-state index contributed by atoms with van der Waals surface area (Å²) in [4.78, 5) is 1.90. The van der Waals surface area contributed by atoms with Crippen LogP contribution < -0.4 is 0 Å². The molecule has 0 aliphatic heterocycles. The summed E-state index contributed by atoms with van der Waals surface area (Å²) >= 11 is 0. The summed E-state index contributed by atoms with van der Waals surface area (Å²) in [5, 5.41) is 8.86. The number of hydrogen-bond donors (Lipinski definition) is 0. The Bertz CT molecular complexity index is 272. The Morgan fingerprint density at radius 2 is 1.83 bits per heavy atom. The van der Waals surface area contributed by atoms with Crippen LogP contribution in [-0.2, 0) is 0 Å². The Morgan fingerprint density at radius 1 is 1.25 bits per heavy atom. The molecule has 1 atom stereocenters. The largest absolute Gasteiger partial charge is 0.291 e. The Kier molecular flexibility index (Phi) is 2.84. The smallest absolute Gasteiger partial charge is 0.123 e. The molecule has 1 rings (SSSR count). The molecule has 2 heteroatoms. The maximum absolute atomic E-state index is 8.86. The predicted octanol–water partition coefficient (Wildman–Crippen LogP) is 1.81. The molecule has 0 heterocycles. The topological polar surface area (TPSA) is 27.0 Å². The lowest BCUT2D eigenvalue weighted by atomic mass is 10.1. The fourth-order valence-corrected chi connectivity index (χ4v) is 1.12. The molecular formula is C10H12N2.